The number of nitrogens with one attached hydrogen (secondary N) is 3. The molecule has 0 radical (unpaired) electrons. The summed E-state index contributed by atoms with van der Waals surface area (Å²) in [6.45, 7) is 2.13. The number of carbonyl (C=O) groups excluding carboxylic acids is 1. The summed E-state index contributed by atoms with van der Waals surface area (Å²) >= 11 is 0. The summed E-state index contributed by atoms with van der Waals surface area (Å²) in [4.78, 5) is 31.5. The van der Waals surface area contributed by atoms with E-state index in [4.69, 9.17) is 0 Å². The molecular formula is C31H35N5O2. The zero-order valence-electron chi connectivity index (χ0n) is 21.8. The topological polar surface area (TPSA) is 82.2 Å². The van der Waals surface area contributed by atoms with Crippen LogP contribution in [0, 0.1) is 0 Å². The molecule has 196 valence electrons. The van der Waals surface area contributed by atoms with E-state index in [2.05, 4.69) is 64.3 Å². The number of hydrogen-bond donors (Lipinski definition) is 3. The lowest BCUT2D eigenvalue weighted by atomic mass is 9.86. The largest absolute Gasteiger partial charge is 0.361 e. The highest BCUT2D eigenvalue weighted by Crippen LogP contribution is 2.32. The standard InChI is InChI=1S/C31H35N5O2/c1-35-15-13-22(17-29(35)37)26-12-14-32-19-28(26)34-31(38)36(25-10-11-25)20-24-18-33-27-9-5-8-23(30(24)27)16-21-6-3-2-4-7-21/h2-9,13,15,17-18,25-26,28,32-33H,10-12,14,16,19-20H2,1H3,(H,34,38)/t26-,28+/m0/s1. The average molecular weight is 510 g/mol. The highest BCUT2D eigenvalue weighted by Gasteiger charge is 2.36. The van der Waals surface area contributed by atoms with Crippen LogP contribution in [-0.4, -0.2) is 45.7 Å². The number of aromatic nitrogens is 2. The maximum atomic E-state index is 13.7. The molecule has 1 saturated heterocycles. The van der Waals surface area contributed by atoms with Crippen molar-refractivity contribution in [2.45, 2.75) is 50.2 Å². The van der Waals surface area contributed by atoms with Gasteiger partial charge >= 0.3 is 6.03 Å². The lowest BCUT2D eigenvalue weighted by Crippen LogP contribution is -2.53. The van der Waals surface area contributed by atoms with Gasteiger partial charge in [0.05, 0.1) is 0 Å². The second kappa shape index (κ2) is 10.5. The molecule has 2 aromatic carbocycles. The molecule has 1 aliphatic carbocycles. The van der Waals surface area contributed by atoms with Crippen LogP contribution in [0.2, 0.25) is 0 Å². The van der Waals surface area contributed by atoms with Gasteiger partial charge < -0.3 is 25.1 Å². The van der Waals surface area contributed by atoms with E-state index < -0.39 is 0 Å². The van der Waals surface area contributed by atoms with Crippen molar-refractivity contribution in [1.82, 2.24) is 25.1 Å². The molecule has 2 atom stereocenters. The predicted octanol–water partition coefficient (Wildman–Crippen LogP) is 4.28. The van der Waals surface area contributed by atoms with Crippen LogP contribution >= 0.6 is 0 Å². The number of urea groups is 1. The molecular weight excluding hydrogens is 474 g/mol. The number of amides is 2. The van der Waals surface area contributed by atoms with Gasteiger partial charge in [-0.2, -0.15) is 0 Å². The molecule has 4 aromatic rings. The van der Waals surface area contributed by atoms with Crippen LogP contribution in [0.3, 0.4) is 0 Å². The molecule has 0 spiro atoms. The third-order valence-corrected chi connectivity index (χ3v) is 8.05. The fraction of sp³-hybridized carbons (Fsp3) is 0.355. The Morgan fingerprint density at radius 2 is 1.89 bits per heavy atom. The molecule has 0 bridgehead atoms. The molecule has 7 nitrogen and oxygen atoms in total. The Bertz CT molecular complexity index is 1490. The van der Waals surface area contributed by atoms with Crippen LogP contribution in [0.4, 0.5) is 4.79 Å². The van der Waals surface area contributed by atoms with Gasteiger partial charge in [0.2, 0.25) is 0 Å². The number of carbonyl (C=O) groups is 1. The van der Waals surface area contributed by atoms with Crippen LogP contribution in [0.15, 0.2) is 77.9 Å². The van der Waals surface area contributed by atoms with E-state index in [1.807, 2.05) is 23.2 Å². The molecule has 7 heteroatoms. The van der Waals surface area contributed by atoms with E-state index >= 15 is 0 Å². The molecule has 1 aliphatic heterocycles. The van der Waals surface area contributed by atoms with Gasteiger partial charge in [-0.05, 0) is 66.6 Å². The van der Waals surface area contributed by atoms with E-state index in [9.17, 15) is 9.59 Å². The van der Waals surface area contributed by atoms with Crippen LogP contribution in [-0.2, 0) is 20.0 Å². The minimum atomic E-state index is -0.0683. The molecule has 6 rings (SSSR count). The molecule has 2 amide bonds. The molecule has 2 aliphatic rings. The minimum absolute atomic E-state index is 0.0173. The van der Waals surface area contributed by atoms with Crippen molar-refractivity contribution in [3.05, 3.63) is 106 Å². The number of nitrogens with zero attached hydrogens (tertiary/aromatic N) is 2. The molecule has 1 saturated carbocycles. The number of aryl methyl sites for hydroxylation is 1. The maximum absolute atomic E-state index is 13.7. The van der Waals surface area contributed by atoms with Gasteiger partial charge in [0.1, 0.15) is 0 Å². The molecule has 0 unspecified atom stereocenters. The first-order valence-corrected chi connectivity index (χ1v) is 13.6. The fourth-order valence-corrected chi connectivity index (χ4v) is 5.81. The predicted molar refractivity (Wildman–Crippen MR) is 150 cm³/mol. The van der Waals surface area contributed by atoms with E-state index in [0.29, 0.717) is 13.1 Å². The Hall–Kier alpha value is -3.84. The number of benzene rings is 2. The first-order chi connectivity index (χ1) is 18.6. The number of pyridine rings is 1. The smallest absolute Gasteiger partial charge is 0.318 e. The number of aromatic amines is 1. The lowest BCUT2D eigenvalue weighted by molar-refractivity contribution is 0.183. The maximum Gasteiger partial charge on any atom is 0.318 e. The second-order valence-corrected chi connectivity index (χ2v) is 10.7. The van der Waals surface area contributed by atoms with Gasteiger partial charge in [0.15, 0.2) is 0 Å². The molecule has 3 heterocycles. The van der Waals surface area contributed by atoms with Gasteiger partial charge in [-0.3, -0.25) is 4.79 Å². The fourth-order valence-electron chi connectivity index (χ4n) is 5.81. The average Bonchev–Trinajstić information content (AvgIpc) is 3.69. The van der Waals surface area contributed by atoms with E-state index in [1.165, 1.54) is 16.5 Å². The van der Waals surface area contributed by atoms with Crippen molar-refractivity contribution in [1.29, 1.82) is 0 Å². The zero-order valence-corrected chi connectivity index (χ0v) is 21.8. The first-order valence-electron chi connectivity index (χ1n) is 13.6. The second-order valence-electron chi connectivity index (χ2n) is 10.7. The van der Waals surface area contributed by atoms with Crippen LogP contribution in [0.25, 0.3) is 10.9 Å². The summed E-state index contributed by atoms with van der Waals surface area (Å²) in [6, 6.07) is 20.8. The zero-order chi connectivity index (χ0) is 26.1. The van der Waals surface area contributed by atoms with Crippen molar-refractivity contribution in [2.75, 3.05) is 13.1 Å². The van der Waals surface area contributed by atoms with Crippen molar-refractivity contribution in [3.63, 3.8) is 0 Å². The van der Waals surface area contributed by atoms with E-state index in [1.54, 1.807) is 17.7 Å². The Labute approximate surface area is 222 Å². The van der Waals surface area contributed by atoms with Crippen LogP contribution in [0.5, 0.6) is 0 Å². The van der Waals surface area contributed by atoms with Crippen molar-refractivity contribution < 1.29 is 4.79 Å². The normalized spacial score (nSPS) is 19.4. The Morgan fingerprint density at radius 1 is 1.05 bits per heavy atom. The van der Waals surface area contributed by atoms with Gasteiger partial charge in [0, 0.05) is 67.5 Å². The highest BCUT2D eigenvalue weighted by molar-refractivity contribution is 5.87. The molecule has 38 heavy (non-hydrogen) atoms. The third-order valence-electron chi connectivity index (χ3n) is 8.05. The molecule has 2 fully saturated rings. The number of rotatable bonds is 7. The Morgan fingerprint density at radius 3 is 2.68 bits per heavy atom. The molecule has 2 aromatic heterocycles. The summed E-state index contributed by atoms with van der Waals surface area (Å²) < 4.78 is 1.58. The number of fused-ring (bicyclic) bond motifs is 1. The van der Waals surface area contributed by atoms with Gasteiger partial charge in [-0.1, -0.05) is 42.5 Å². The van der Waals surface area contributed by atoms with Gasteiger partial charge in [-0.25, -0.2) is 4.79 Å². The monoisotopic (exact) mass is 509 g/mol. The summed E-state index contributed by atoms with van der Waals surface area (Å²) in [6.07, 6.45) is 7.69. The SMILES string of the molecule is Cn1ccc([C@@H]2CCNC[C@H]2NC(=O)N(Cc2c[nH]c3cccc(Cc4ccccc4)c23)C2CC2)cc1=O. The number of hydrogen-bond acceptors (Lipinski definition) is 3. The summed E-state index contributed by atoms with van der Waals surface area (Å²) in [5.74, 6) is 0.112. The van der Waals surface area contributed by atoms with Crippen LogP contribution < -0.4 is 16.2 Å². The summed E-state index contributed by atoms with van der Waals surface area (Å²) in [5, 5.41) is 7.99. The Balaban J connectivity index is 1.23. The molecule has 3 N–H and O–H groups in total. The van der Waals surface area contributed by atoms with Gasteiger partial charge in [-0.15, -0.1) is 0 Å². The third kappa shape index (κ3) is 5.11. The highest BCUT2D eigenvalue weighted by atomic mass is 16.2. The van der Waals surface area contributed by atoms with Crippen molar-refractivity contribution in [3.8, 4) is 0 Å². The summed E-state index contributed by atoms with van der Waals surface area (Å²) in [5.41, 5.74) is 5.78. The van der Waals surface area contributed by atoms with Crippen LogP contribution in [0.1, 0.15) is 47.4 Å². The number of H-pyrrole nitrogens is 1. The first kappa shape index (κ1) is 24.5. The van der Waals surface area contributed by atoms with Crippen molar-refractivity contribution in [2.24, 2.45) is 7.05 Å². The summed E-state index contributed by atoms with van der Waals surface area (Å²) in [7, 11) is 1.76. The quantitative estimate of drug-likeness (QED) is 0.348. The Kier molecular flexibility index (Phi) is 6.77. The minimum Gasteiger partial charge on any atom is -0.361 e. The lowest BCUT2D eigenvalue weighted by Gasteiger charge is -2.35. The number of piperidine rings is 1. The van der Waals surface area contributed by atoms with Crippen molar-refractivity contribution >= 4 is 16.9 Å². The van der Waals surface area contributed by atoms with E-state index in [-0.39, 0.29) is 29.6 Å². The van der Waals surface area contributed by atoms with E-state index in [0.717, 1.165) is 48.9 Å². The van der Waals surface area contributed by atoms with Gasteiger partial charge in [0.25, 0.3) is 5.56 Å².